The second kappa shape index (κ2) is 19.0. The van der Waals surface area contributed by atoms with Gasteiger partial charge in [0.15, 0.2) is 12.6 Å². The first-order chi connectivity index (χ1) is 23.0. The number of hydrogen-bond acceptors (Lipinski definition) is 20. The predicted molar refractivity (Wildman–Crippen MR) is 171 cm³/mol. The Labute approximate surface area is 295 Å². The van der Waals surface area contributed by atoms with Crippen LogP contribution in [-0.2, 0) is 38.0 Å². The van der Waals surface area contributed by atoms with Gasteiger partial charge in [-0.05, 0) is 41.5 Å². The van der Waals surface area contributed by atoms with Crippen molar-refractivity contribution in [1.29, 1.82) is 0 Å². The Kier molecular flexibility index (Phi) is 16.7. The van der Waals surface area contributed by atoms with Gasteiger partial charge in [-0.25, -0.2) is 19.2 Å². The van der Waals surface area contributed by atoms with Crippen molar-refractivity contribution in [3.63, 3.8) is 0 Å². The van der Waals surface area contributed by atoms with E-state index in [1.807, 2.05) is 0 Å². The number of rotatable bonds is 13. The summed E-state index contributed by atoms with van der Waals surface area (Å²) in [6.45, 7) is 8.14. The Morgan fingerprint density at radius 1 is 0.580 bits per heavy atom. The minimum Gasteiger partial charge on any atom is -0.461 e. The summed E-state index contributed by atoms with van der Waals surface area (Å²) in [4.78, 5) is 51.0. The molecule has 0 aromatic rings. The molecule has 0 saturated carbocycles. The summed E-state index contributed by atoms with van der Waals surface area (Å²) in [5.74, 6) is -2.51. The molecule has 20 nitrogen and oxygen atoms in total. The maximum atomic E-state index is 13.0. The first-order valence-corrected chi connectivity index (χ1v) is 17.8. The summed E-state index contributed by atoms with van der Waals surface area (Å²) in [6.07, 6.45) is -19.3. The third-order valence-corrected chi connectivity index (χ3v) is 9.08. The third kappa shape index (κ3) is 14.1. The van der Waals surface area contributed by atoms with Crippen LogP contribution >= 0.6 is 21.6 Å². The van der Waals surface area contributed by atoms with Crippen molar-refractivity contribution < 1.29 is 88.5 Å². The van der Waals surface area contributed by atoms with Crippen molar-refractivity contribution >= 4 is 45.7 Å². The molecule has 2 heterocycles. The minimum atomic E-state index is -1.87. The zero-order valence-electron chi connectivity index (χ0n) is 28.2. The zero-order valence-corrected chi connectivity index (χ0v) is 29.9. The average molecular weight is 765 g/mol. The van der Waals surface area contributed by atoms with Gasteiger partial charge < -0.3 is 79.9 Å². The highest BCUT2D eigenvalue weighted by atomic mass is 33.1. The van der Waals surface area contributed by atoms with Crippen LogP contribution in [0.2, 0.25) is 0 Å². The van der Waals surface area contributed by atoms with Gasteiger partial charge in [0.05, 0.1) is 0 Å². The minimum absolute atomic E-state index is 0.213. The molecule has 50 heavy (non-hydrogen) atoms. The van der Waals surface area contributed by atoms with E-state index in [1.54, 1.807) is 41.5 Å². The first kappa shape index (κ1) is 43.9. The topological polar surface area (TPSA) is 310 Å². The fourth-order valence-electron chi connectivity index (χ4n) is 4.14. The SMILES string of the molecule is CC(C)(C)OC(=O)N[C@H](CSSC[C@@H](NC(=O)OC(C)(C)C)C(=O)OC[C@H]1O[C@H](O)[C@H](O)[C@@H](O)[C@@H]1O)C(=O)OC[C@H]1O[C@H](O)[C@H](O)[C@@H](O)[C@H]1O. The Bertz CT molecular complexity index is 1050. The van der Waals surface area contributed by atoms with Crippen molar-refractivity contribution in [1.82, 2.24) is 10.6 Å². The highest BCUT2D eigenvalue weighted by Gasteiger charge is 2.45. The standard InChI is InChI=1S/C28H48N2O18S2/c1-27(2,3)47-25(41)29-11(21(37)43-7-13-15(31)17(33)19(35)23(39)45-13)9-49-50-10-12(30-26(42)48-28(4,5)6)22(38)44-8-14-16(32)18(34)20(36)24(40)46-14/h11-20,23-24,31-36,39-40H,7-10H2,1-6H3,(H,29,41)(H,30,42)/t11-,12-,13-,14-,15-,16+,17+,18+,19-,20-,23+,24+/m1/s1. The second-order valence-electron chi connectivity index (χ2n) is 13.3. The van der Waals surface area contributed by atoms with Gasteiger partial charge in [0, 0.05) is 11.5 Å². The van der Waals surface area contributed by atoms with Crippen molar-refractivity contribution in [2.75, 3.05) is 24.7 Å². The molecule has 290 valence electrons. The van der Waals surface area contributed by atoms with Crippen LogP contribution in [-0.4, -0.2) is 174 Å². The largest absolute Gasteiger partial charge is 0.461 e. The van der Waals surface area contributed by atoms with E-state index in [0.29, 0.717) is 0 Å². The fraction of sp³-hybridized carbons (Fsp3) is 0.857. The van der Waals surface area contributed by atoms with Gasteiger partial charge in [-0.2, -0.15) is 0 Å². The number of carbonyl (C=O) groups is 4. The number of amides is 2. The summed E-state index contributed by atoms with van der Waals surface area (Å²) in [6, 6.07) is -2.79. The van der Waals surface area contributed by atoms with E-state index in [4.69, 9.17) is 28.4 Å². The van der Waals surface area contributed by atoms with E-state index in [-0.39, 0.29) is 11.5 Å². The molecular formula is C28H48N2O18S2. The fourth-order valence-corrected chi connectivity index (χ4v) is 6.43. The van der Waals surface area contributed by atoms with Crippen molar-refractivity contribution in [2.24, 2.45) is 0 Å². The number of nitrogens with one attached hydrogen (secondary N) is 2. The molecule has 0 aromatic carbocycles. The van der Waals surface area contributed by atoms with Crippen LogP contribution in [0.4, 0.5) is 9.59 Å². The van der Waals surface area contributed by atoms with Crippen LogP contribution in [0.15, 0.2) is 0 Å². The number of ether oxygens (including phenoxy) is 6. The summed E-state index contributed by atoms with van der Waals surface area (Å²) in [5.41, 5.74) is -1.88. The highest BCUT2D eigenvalue weighted by Crippen LogP contribution is 2.26. The monoisotopic (exact) mass is 764 g/mol. The molecule has 2 fully saturated rings. The van der Waals surface area contributed by atoms with Gasteiger partial charge in [-0.1, -0.05) is 21.6 Å². The van der Waals surface area contributed by atoms with Gasteiger partial charge in [-0.3, -0.25) is 0 Å². The Morgan fingerprint density at radius 2 is 0.900 bits per heavy atom. The van der Waals surface area contributed by atoms with Crippen LogP contribution in [0.3, 0.4) is 0 Å². The lowest BCUT2D eigenvalue weighted by Crippen LogP contribution is -2.59. The molecule has 0 aliphatic carbocycles. The normalized spacial score (nSPS) is 31.5. The molecule has 2 saturated heterocycles. The van der Waals surface area contributed by atoms with E-state index in [2.05, 4.69) is 10.6 Å². The molecule has 22 heteroatoms. The molecule has 10 N–H and O–H groups in total. The van der Waals surface area contributed by atoms with Gasteiger partial charge in [0.2, 0.25) is 0 Å². The molecule has 2 rings (SSSR count). The van der Waals surface area contributed by atoms with Crippen LogP contribution in [0.25, 0.3) is 0 Å². The molecule has 0 spiro atoms. The van der Waals surface area contributed by atoms with E-state index in [9.17, 15) is 60.0 Å². The zero-order chi connectivity index (χ0) is 38.1. The number of aliphatic hydroxyl groups excluding tert-OH is 8. The van der Waals surface area contributed by atoms with Gasteiger partial charge in [-0.15, -0.1) is 0 Å². The van der Waals surface area contributed by atoms with Crippen molar-refractivity contribution in [3.8, 4) is 0 Å². The maximum absolute atomic E-state index is 13.0. The van der Waals surface area contributed by atoms with Gasteiger partial charge >= 0.3 is 24.1 Å². The predicted octanol–water partition coefficient (Wildman–Crippen LogP) is -3.16. The molecular weight excluding hydrogens is 716 g/mol. The van der Waals surface area contributed by atoms with Crippen LogP contribution in [0, 0.1) is 0 Å². The van der Waals surface area contributed by atoms with Gasteiger partial charge in [0.1, 0.15) is 85.3 Å². The maximum Gasteiger partial charge on any atom is 0.408 e. The molecule has 0 aromatic heterocycles. The summed E-state index contributed by atoms with van der Waals surface area (Å²) in [5, 5.41) is 83.5. The van der Waals surface area contributed by atoms with Crippen LogP contribution in [0.1, 0.15) is 41.5 Å². The lowest BCUT2D eigenvalue weighted by atomic mass is 9.99. The number of carbonyl (C=O) groups excluding carboxylic acids is 4. The molecule has 0 unspecified atom stereocenters. The van der Waals surface area contributed by atoms with E-state index in [1.165, 1.54) is 0 Å². The molecule has 12 atom stereocenters. The number of alkyl carbamates (subject to hydrolysis) is 2. The molecule has 2 aliphatic heterocycles. The van der Waals surface area contributed by atoms with Crippen LogP contribution in [0.5, 0.6) is 0 Å². The first-order valence-electron chi connectivity index (χ1n) is 15.3. The Hall–Kier alpha value is -2.22. The van der Waals surface area contributed by atoms with E-state index in [0.717, 1.165) is 21.6 Å². The van der Waals surface area contributed by atoms with E-state index < -0.39 is 122 Å². The smallest absolute Gasteiger partial charge is 0.408 e. The second-order valence-corrected chi connectivity index (χ2v) is 15.9. The van der Waals surface area contributed by atoms with Crippen LogP contribution < -0.4 is 10.6 Å². The summed E-state index contributed by atoms with van der Waals surface area (Å²) < 4.78 is 30.7. The Morgan fingerprint density at radius 3 is 1.20 bits per heavy atom. The quantitative estimate of drug-likeness (QED) is 0.0383. The molecule has 0 radical (unpaired) electrons. The van der Waals surface area contributed by atoms with Crippen molar-refractivity contribution in [2.45, 2.75) is 126 Å². The average Bonchev–Trinajstić information content (AvgIpc) is 2.99. The molecule has 2 aliphatic rings. The highest BCUT2D eigenvalue weighted by molar-refractivity contribution is 8.76. The number of aliphatic hydroxyl groups is 8. The third-order valence-electron chi connectivity index (χ3n) is 6.66. The Balaban J connectivity index is 2.08. The summed E-state index contributed by atoms with van der Waals surface area (Å²) in [7, 11) is 1.88. The van der Waals surface area contributed by atoms with E-state index >= 15 is 0 Å². The molecule has 2 amide bonds. The number of hydrogen-bond donors (Lipinski definition) is 10. The number of esters is 2. The summed E-state index contributed by atoms with van der Waals surface area (Å²) >= 11 is 0. The lowest BCUT2D eigenvalue weighted by Gasteiger charge is -2.38. The van der Waals surface area contributed by atoms with Crippen molar-refractivity contribution in [3.05, 3.63) is 0 Å². The van der Waals surface area contributed by atoms with Gasteiger partial charge in [0.25, 0.3) is 0 Å². The lowest BCUT2D eigenvalue weighted by molar-refractivity contribution is -0.287. The molecule has 0 bridgehead atoms.